The molecule has 1 heterocycles. The lowest BCUT2D eigenvalue weighted by molar-refractivity contribution is 0.0386. The highest BCUT2D eigenvalue weighted by atomic mass is 15.3. The van der Waals surface area contributed by atoms with Crippen LogP contribution in [0.1, 0.15) is 58.8 Å². The topological polar surface area (TPSA) is 32.5 Å². The molecule has 0 aromatic heterocycles. The Morgan fingerprint density at radius 3 is 2.33 bits per heavy atom. The second-order valence-electron chi connectivity index (χ2n) is 7.90. The van der Waals surface area contributed by atoms with Gasteiger partial charge < -0.3 is 10.6 Å². The Morgan fingerprint density at radius 1 is 1.05 bits per heavy atom. The van der Waals surface area contributed by atoms with Gasteiger partial charge in [-0.3, -0.25) is 4.90 Å². The largest absolute Gasteiger partial charge is 0.325 e. The number of hydrogen-bond acceptors (Lipinski definition) is 3. The van der Waals surface area contributed by atoms with Gasteiger partial charge in [0.05, 0.1) is 0 Å². The molecule has 0 amide bonds. The van der Waals surface area contributed by atoms with Gasteiger partial charge in [0.1, 0.15) is 0 Å². The van der Waals surface area contributed by atoms with Crippen LogP contribution in [0, 0.1) is 11.8 Å². The van der Waals surface area contributed by atoms with Crippen LogP contribution in [0.5, 0.6) is 0 Å². The molecule has 21 heavy (non-hydrogen) atoms. The van der Waals surface area contributed by atoms with Crippen molar-refractivity contribution < 1.29 is 0 Å². The zero-order chi connectivity index (χ0) is 14.9. The zero-order valence-electron chi connectivity index (χ0n) is 14.2. The summed E-state index contributed by atoms with van der Waals surface area (Å²) >= 11 is 0. The van der Waals surface area contributed by atoms with Gasteiger partial charge >= 0.3 is 0 Å². The SMILES string of the molecule is CCC1CC(N2CCN(CC3CC3)CC2)CCC1(N)CC. The van der Waals surface area contributed by atoms with Gasteiger partial charge in [0, 0.05) is 44.3 Å². The van der Waals surface area contributed by atoms with E-state index in [1.807, 2.05) is 0 Å². The Labute approximate surface area is 131 Å². The molecular formula is C18H35N3. The minimum absolute atomic E-state index is 0.124. The summed E-state index contributed by atoms with van der Waals surface area (Å²) in [7, 11) is 0. The van der Waals surface area contributed by atoms with Crippen LogP contribution >= 0.6 is 0 Å². The van der Waals surface area contributed by atoms with Gasteiger partial charge in [-0.1, -0.05) is 20.3 Å². The maximum Gasteiger partial charge on any atom is 0.0181 e. The van der Waals surface area contributed by atoms with E-state index in [4.69, 9.17) is 5.73 Å². The third kappa shape index (κ3) is 3.62. The lowest BCUT2D eigenvalue weighted by Gasteiger charge is -2.48. The van der Waals surface area contributed by atoms with E-state index in [9.17, 15) is 0 Å². The lowest BCUT2D eigenvalue weighted by atomic mass is 9.68. The molecule has 3 nitrogen and oxygen atoms in total. The van der Waals surface area contributed by atoms with Crippen molar-refractivity contribution in [1.29, 1.82) is 0 Å². The maximum atomic E-state index is 6.66. The Kier molecular flexibility index (Phi) is 4.92. The highest BCUT2D eigenvalue weighted by molar-refractivity contribution is 4.98. The van der Waals surface area contributed by atoms with E-state index in [2.05, 4.69) is 23.6 Å². The molecule has 3 aliphatic rings. The minimum atomic E-state index is 0.124. The number of nitrogens with two attached hydrogens (primary N) is 1. The van der Waals surface area contributed by atoms with E-state index in [1.165, 1.54) is 71.2 Å². The van der Waals surface area contributed by atoms with E-state index in [-0.39, 0.29) is 5.54 Å². The number of rotatable bonds is 5. The first kappa shape index (κ1) is 15.8. The Bertz CT molecular complexity index is 333. The molecule has 2 N–H and O–H groups in total. The monoisotopic (exact) mass is 293 g/mol. The van der Waals surface area contributed by atoms with Gasteiger partial charge in [-0.05, 0) is 50.4 Å². The third-order valence-corrected chi connectivity index (χ3v) is 6.60. The summed E-state index contributed by atoms with van der Waals surface area (Å²) in [5.74, 6) is 1.77. The molecule has 3 atom stereocenters. The summed E-state index contributed by atoms with van der Waals surface area (Å²) in [6, 6.07) is 0.807. The van der Waals surface area contributed by atoms with Crippen molar-refractivity contribution in [3.63, 3.8) is 0 Å². The Balaban J connectivity index is 1.49. The third-order valence-electron chi connectivity index (χ3n) is 6.60. The fourth-order valence-corrected chi connectivity index (χ4v) is 4.67. The van der Waals surface area contributed by atoms with Gasteiger partial charge in [0.15, 0.2) is 0 Å². The molecule has 122 valence electrons. The Morgan fingerprint density at radius 2 is 1.76 bits per heavy atom. The van der Waals surface area contributed by atoms with Crippen molar-refractivity contribution in [1.82, 2.24) is 9.80 Å². The maximum absolute atomic E-state index is 6.66. The van der Waals surface area contributed by atoms with Gasteiger partial charge in [-0.15, -0.1) is 0 Å². The summed E-state index contributed by atoms with van der Waals surface area (Å²) in [5, 5.41) is 0. The smallest absolute Gasteiger partial charge is 0.0181 e. The van der Waals surface area contributed by atoms with Crippen LogP contribution in [0.2, 0.25) is 0 Å². The molecule has 3 fully saturated rings. The van der Waals surface area contributed by atoms with E-state index in [0.29, 0.717) is 0 Å². The molecule has 0 bridgehead atoms. The number of piperazine rings is 1. The average Bonchev–Trinajstić information content (AvgIpc) is 3.32. The van der Waals surface area contributed by atoms with Gasteiger partial charge in [-0.25, -0.2) is 0 Å². The fourth-order valence-electron chi connectivity index (χ4n) is 4.67. The van der Waals surface area contributed by atoms with Gasteiger partial charge in [0.25, 0.3) is 0 Å². The molecule has 3 rings (SSSR count). The normalized spacial score (nSPS) is 39.6. The standard InChI is InChI=1S/C18H35N3/c1-3-16-13-17(7-8-18(16,19)4-2)21-11-9-20(10-12-21)14-15-5-6-15/h15-17H,3-14,19H2,1-2H3. The van der Waals surface area contributed by atoms with E-state index in [1.54, 1.807) is 0 Å². The van der Waals surface area contributed by atoms with E-state index >= 15 is 0 Å². The molecular weight excluding hydrogens is 258 g/mol. The highest BCUT2D eigenvalue weighted by Crippen LogP contribution is 2.38. The molecule has 3 unspecified atom stereocenters. The van der Waals surface area contributed by atoms with Crippen LogP contribution in [-0.4, -0.2) is 54.1 Å². The fraction of sp³-hybridized carbons (Fsp3) is 1.00. The van der Waals surface area contributed by atoms with Crippen molar-refractivity contribution in [2.75, 3.05) is 32.7 Å². The predicted octanol–water partition coefficient (Wildman–Crippen LogP) is 2.70. The molecule has 3 heteroatoms. The highest BCUT2D eigenvalue weighted by Gasteiger charge is 2.40. The second kappa shape index (κ2) is 6.55. The van der Waals surface area contributed by atoms with Crippen LogP contribution < -0.4 is 5.73 Å². The number of hydrogen-bond donors (Lipinski definition) is 1. The second-order valence-corrected chi connectivity index (χ2v) is 7.90. The molecule has 0 aromatic carbocycles. The quantitative estimate of drug-likeness (QED) is 0.846. The van der Waals surface area contributed by atoms with Crippen LogP contribution in [-0.2, 0) is 0 Å². The summed E-state index contributed by atoms with van der Waals surface area (Å²) in [6.07, 6.45) is 9.25. The average molecular weight is 293 g/mol. The molecule has 1 saturated heterocycles. The summed E-state index contributed by atoms with van der Waals surface area (Å²) < 4.78 is 0. The van der Waals surface area contributed by atoms with Crippen molar-refractivity contribution in [2.24, 2.45) is 17.6 Å². The van der Waals surface area contributed by atoms with Crippen molar-refractivity contribution >= 4 is 0 Å². The minimum Gasteiger partial charge on any atom is -0.325 e. The van der Waals surface area contributed by atoms with Crippen LogP contribution in [0.25, 0.3) is 0 Å². The van der Waals surface area contributed by atoms with E-state index < -0.39 is 0 Å². The van der Waals surface area contributed by atoms with Gasteiger partial charge in [0.2, 0.25) is 0 Å². The summed E-state index contributed by atoms with van der Waals surface area (Å²) in [6.45, 7) is 11.2. The van der Waals surface area contributed by atoms with Gasteiger partial charge in [-0.2, -0.15) is 0 Å². The van der Waals surface area contributed by atoms with Crippen LogP contribution in [0.15, 0.2) is 0 Å². The predicted molar refractivity (Wildman–Crippen MR) is 89.4 cm³/mol. The molecule has 1 aliphatic heterocycles. The van der Waals surface area contributed by atoms with E-state index in [0.717, 1.165) is 24.3 Å². The van der Waals surface area contributed by atoms with Crippen molar-refractivity contribution in [3.05, 3.63) is 0 Å². The molecule has 0 radical (unpaired) electrons. The molecule has 0 spiro atoms. The lowest BCUT2D eigenvalue weighted by Crippen LogP contribution is -2.57. The van der Waals surface area contributed by atoms with Crippen molar-refractivity contribution in [3.8, 4) is 0 Å². The zero-order valence-corrected chi connectivity index (χ0v) is 14.2. The van der Waals surface area contributed by atoms with Crippen molar-refractivity contribution in [2.45, 2.75) is 70.4 Å². The van der Waals surface area contributed by atoms with Crippen LogP contribution in [0.4, 0.5) is 0 Å². The first-order valence-electron chi connectivity index (χ1n) is 9.40. The molecule has 2 saturated carbocycles. The Hall–Kier alpha value is -0.120. The number of nitrogens with zero attached hydrogens (tertiary/aromatic N) is 2. The summed E-state index contributed by atoms with van der Waals surface area (Å²) in [5.41, 5.74) is 6.79. The molecule has 0 aromatic rings. The molecule has 2 aliphatic carbocycles. The first-order valence-corrected chi connectivity index (χ1v) is 9.40. The van der Waals surface area contributed by atoms with Crippen LogP contribution in [0.3, 0.4) is 0 Å². The summed E-state index contributed by atoms with van der Waals surface area (Å²) in [4.78, 5) is 5.48. The first-order chi connectivity index (χ1) is 10.1.